The fourth-order valence-electron chi connectivity index (χ4n) is 2.78. The summed E-state index contributed by atoms with van der Waals surface area (Å²) in [4.78, 5) is 17.0. The highest BCUT2D eigenvalue weighted by molar-refractivity contribution is 6.30. The molecule has 0 unspecified atom stereocenters. The van der Waals surface area contributed by atoms with Gasteiger partial charge in [0.2, 0.25) is 5.89 Å². The van der Waals surface area contributed by atoms with Crippen molar-refractivity contribution in [2.45, 2.75) is 6.92 Å². The zero-order valence-corrected chi connectivity index (χ0v) is 14.7. The molecule has 4 aromatic rings. The molecule has 1 aromatic heterocycles. The van der Waals surface area contributed by atoms with E-state index >= 15 is 0 Å². The summed E-state index contributed by atoms with van der Waals surface area (Å²) in [5.41, 5.74) is 4.36. The third-order valence-electron chi connectivity index (χ3n) is 4.11. The minimum Gasteiger partial charge on any atom is -0.436 e. The lowest BCUT2D eigenvalue weighted by Gasteiger charge is -2.07. The first-order chi connectivity index (χ1) is 12.6. The van der Waals surface area contributed by atoms with Crippen LogP contribution in [0.2, 0.25) is 5.02 Å². The number of oxazole rings is 1. The van der Waals surface area contributed by atoms with E-state index in [1.54, 1.807) is 36.4 Å². The summed E-state index contributed by atoms with van der Waals surface area (Å²) in [6.45, 7) is 1.91. The number of halogens is 1. The van der Waals surface area contributed by atoms with Gasteiger partial charge < -0.3 is 9.73 Å². The van der Waals surface area contributed by atoms with Crippen LogP contribution in [0.25, 0.3) is 22.6 Å². The molecule has 4 rings (SSSR count). The van der Waals surface area contributed by atoms with Crippen LogP contribution in [0.1, 0.15) is 15.9 Å². The normalized spacial score (nSPS) is 10.8. The van der Waals surface area contributed by atoms with E-state index in [1.807, 2.05) is 37.3 Å². The Kier molecular flexibility index (Phi) is 4.19. The van der Waals surface area contributed by atoms with Crippen LogP contribution < -0.4 is 5.32 Å². The molecule has 26 heavy (non-hydrogen) atoms. The predicted molar refractivity (Wildman–Crippen MR) is 104 cm³/mol. The SMILES string of the molecule is Cc1ccccc1C(=O)Nc1ccc2oc(-c3cccc(Cl)c3)nc2c1. The molecule has 1 heterocycles. The van der Waals surface area contributed by atoms with Crippen LogP contribution in [0, 0.1) is 6.92 Å². The number of hydrogen-bond acceptors (Lipinski definition) is 3. The molecule has 1 N–H and O–H groups in total. The van der Waals surface area contributed by atoms with Crippen molar-refractivity contribution in [2.75, 3.05) is 5.32 Å². The highest BCUT2D eigenvalue weighted by atomic mass is 35.5. The molecular formula is C21H15ClN2O2. The van der Waals surface area contributed by atoms with E-state index in [9.17, 15) is 4.79 Å². The lowest BCUT2D eigenvalue weighted by Crippen LogP contribution is -2.13. The zero-order chi connectivity index (χ0) is 18.1. The molecule has 0 aliphatic rings. The van der Waals surface area contributed by atoms with E-state index in [-0.39, 0.29) is 5.91 Å². The summed E-state index contributed by atoms with van der Waals surface area (Å²) in [6, 6.07) is 20.2. The summed E-state index contributed by atoms with van der Waals surface area (Å²) in [6.07, 6.45) is 0. The molecule has 0 aliphatic heterocycles. The van der Waals surface area contributed by atoms with Gasteiger partial charge in [-0.2, -0.15) is 0 Å². The Morgan fingerprint density at radius 3 is 2.69 bits per heavy atom. The number of nitrogens with zero attached hydrogens (tertiary/aromatic N) is 1. The maximum absolute atomic E-state index is 12.5. The highest BCUT2D eigenvalue weighted by Gasteiger charge is 2.12. The number of aromatic nitrogens is 1. The number of amides is 1. The number of fused-ring (bicyclic) bond motifs is 1. The van der Waals surface area contributed by atoms with E-state index < -0.39 is 0 Å². The second-order valence-electron chi connectivity index (χ2n) is 5.98. The molecule has 4 nitrogen and oxygen atoms in total. The van der Waals surface area contributed by atoms with E-state index in [4.69, 9.17) is 16.0 Å². The number of carbonyl (C=O) groups excluding carboxylic acids is 1. The first kappa shape index (κ1) is 16.4. The Bertz CT molecular complexity index is 1120. The second kappa shape index (κ2) is 6.65. The maximum Gasteiger partial charge on any atom is 0.255 e. The van der Waals surface area contributed by atoms with Gasteiger partial charge in [-0.3, -0.25) is 4.79 Å². The Morgan fingerprint density at radius 2 is 1.88 bits per heavy atom. The Labute approximate surface area is 155 Å². The van der Waals surface area contributed by atoms with E-state index in [2.05, 4.69) is 10.3 Å². The van der Waals surface area contributed by atoms with Gasteiger partial charge in [-0.15, -0.1) is 0 Å². The van der Waals surface area contributed by atoms with Crippen LogP contribution >= 0.6 is 11.6 Å². The molecule has 5 heteroatoms. The van der Waals surface area contributed by atoms with E-state index in [0.29, 0.717) is 33.3 Å². The molecular weight excluding hydrogens is 348 g/mol. The zero-order valence-electron chi connectivity index (χ0n) is 14.0. The summed E-state index contributed by atoms with van der Waals surface area (Å²) < 4.78 is 5.79. The Balaban J connectivity index is 1.64. The fraction of sp³-hybridized carbons (Fsp3) is 0.0476. The van der Waals surface area contributed by atoms with Gasteiger partial charge in [0.25, 0.3) is 5.91 Å². The number of anilines is 1. The molecule has 0 saturated carbocycles. The van der Waals surface area contributed by atoms with Crippen molar-refractivity contribution < 1.29 is 9.21 Å². The number of rotatable bonds is 3. The topological polar surface area (TPSA) is 55.1 Å². The monoisotopic (exact) mass is 362 g/mol. The van der Waals surface area contributed by atoms with E-state index in [1.165, 1.54) is 0 Å². The molecule has 0 saturated heterocycles. The lowest BCUT2D eigenvalue weighted by molar-refractivity contribution is 0.102. The number of carbonyl (C=O) groups is 1. The summed E-state index contributed by atoms with van der Waals surface area (Å²) in [5, 5.41) is 3.53. The van der Waals surface area contributed by atoms with Gasteiger partial charge in [0.05, 0.1) is 0 Å². The summed E-state index contributed by atoms with van der Waals surface area (Å²) in [7, 11) is 0. The fourth-order valence-corrected chi connectivity index (χ4v) is 2.97. The molecule has 0 fully saturated rings. The molecule has 128 valence electrons. The molecule has 0 radical (unpaired) electrons. The van der Waals surface area contributed by atoms with Crippen molar-refractivity contribution in [3.8, 4) is 11.5 Å². The first-order valence-electron chi connectivity index (χ1n) is 8.14. The number of hydrogen-bond donors (Lipinski definition) is 1. The molecule has 3 aromatic carbocycles. The largest absolute Gasteiger partial charge is 0.436 e. The first-order valence-corrected chi connectivity index (χ1v) is 8.51. The average Bonchev–Trinajstić information content (AvgIpc) is 3.05. The quantitative estimate of drug-likeness (QED) is 0.508. The van der Waals surface area contributed by atoms with Gasteiger partial charge in [-0.25, -0.2) is 4.98 Å². The minimum absolute atomic E-state index is 0.152. The smallest absolute Gasteiger partial charge is 0.255 e. The summed E-state index contributed by atoms with van der Waals surface area (Å²) in [5.74, 6) is 0.339. The number of benzene rings is 3. The Hall–Kier alpha value is -3.11. The summed E-state index contributed by atoms with van der Waals surface area (Å²) >= 11 is 6.03. The van der Waals surface area contributed by atoms with Gasteiger partial charge in [0.15, 0.2) is 5.58 Å². The van der Waals surface area contributed by atoms with Crippen LogP contribution in [0.15, 0.2) is 71.1 Å². The number of aryl methyl sites for hydroxylation is 1. The third-order valence-corrected chi connectivity index (χ3v) is 4.34. The van der Waals surface area contributed by atoms with Crippen LogP contribution in [0.3, 0.4) is 0 Å². The Morgan fingerprint density at radius 1 is 1.04 bits per heavy atom. The molecule has 0 aliphatic carbocycles. The standard InChI is InChI=1S/C21H15ClN2O2/c1-13-5-2-3-8-17(13)20(25)23-16-9-10-19-18(12-16)24-21(26-19)14-6-4-7-15(22)11-14/h2-12H,1H3,(H,23,25). The van der Waals surface area contributed by atoms with Crippen molar-refractivity contribution in [2.24, 2.45) is 0 Å². The van der Waals surface area contributed by atoms with Crippen molar-refractivity contribution in [3.05, 3.63) is 82.9 Å². The minimum atomic E-state index is -0.152. The highest BCUT2D eigenvalue weighted by Crippen LogP contribution is 2.28. The van der Waals surface area contributed by atoms with Crippen molar-refractivity contribution >= 4 is 34.3 Å². The van der Waals surface area contributed by atoms with Gasteiger partial charge in [-0.1, -0.05) is 35.9 Å². The maximum atomic E-state index is 12.5. The van der Waals surface area contributed by atoms with Crippen molar-refractivity contribution in [3.63, 3.8) is 0 Å². The van der Waals surface area contributed by atoms with Crippen LogP contribution in [-0.4, -0.2) is 10.9 Å². The van der Waals surface area contributed by atoms with Gasteiger partial charge in [-0.05, 0) is 55.0 Å². The van der Waals surface area contributed by atoms with E-state index in [0.717, 1.165) is 11.1 Å². The molecule has 0 atom stereocenters. The van der Waals surface area contributed by atoms with Gasteiger partial charge >= 0.3 is 0 Å². The van der Waals surface area contributed by atoms with Gasteiger partial charge in [0.1, 0.15) is 5.52 Å². The van der Waals surface area contributed by atoms with Crippen molar-refractivity contribution in [1.82, 2.24) is 4.98 Å². The van der Waals surface area contributed by atoms with Gasteiger partial charge in [0, 0.05) is 21.8 Å². The lowest BCUT2D eigenvalue weighted by atomic mass is 10.1. The van der Waals surface area contributed by atoms with Crippen LogP contribution in [0.5, 0.6) is 0 Å². The molecule has 0 bridgehead atoms. The van der Waals surface area contributed by atoms with Crippen LogP contribution in [-0.2, 0) is 0 Å². The second-order valence-corrected chi connectivity index (χ2v) is 6.42. The predicted octanol–water partition coefficient (Wildman–Crippen LogP) is 5.71. The number of nitrogens with one attached hydrogen (secondary N) is 1. The van der Waals surface area contributed by atoms with Crippen LogP contribution in [0.4, 0.5) is 5.69 Å². The third kappa shape index (κ3) is 3.19. The van der Waals surface area contributed by atoms with Crippen molar-refractivity contribution in [1.29, 1.82) is 0 Å². The average molecular weight is 363 g/mol. The molecule has 0 spiro atoms. The molecule has 1 amide bonds.